The van der Waals surface area contributed by atoms with Crippen LogP contribution in [-0.4, -0.2) is 43.2 Å². The van der Waals surface area contributed by atoms with Crippen LogP contribution in [-0.2, 0) is 0 Å². The van der Waals surface area contributed by atoms with Gasteiger partial charge in [0.15, 0.2) is 0 Å². The van der Waals surface area contributed by atoms with E-state index in [0.717, 1.165) is 25.4 Å². The van der Waals surface area contributed by atoms with Gasteiger partial charge >= 0.3 is 0 Å². The van der Waals surface area contributed by atoms with Gasteiger partial charge < -0.3 is 10.1 Å². The molecule has 2 aliphatic rings. The normalized spacial score (nSPS) is 23.3. The van der Waals surface area contributed by atoms with Crippen molar-refractivity contribution < 1.29 is 4.74 Å². The highest BCUT2D eigenvalue weighted by molar-refractivity contribution is 6.34. The standard InChI is InChI=1S/C22H26Cl2N2O/c23-17-12-18(24)14-20(13-17)27-11-10-26-8-6-19(7-9-26)25-22-15-21(22)16-4-2-1-3-5-16/h1-5,12-14,19,21-22,25H,6-11,15H2/t21-,22+/m0/s1. The van der Waals surface area contributed by atoms with Crippen LogP contribution >= 0.6 is 23.2 Å². The van der Waals surface area contributed by atoms with Gasteiger partial charge in [-0.3, -0.25) is 4.90 Å². The Balaban J connectivity index is 1.15. The topological polar surface area (TPSA) is 24.5 Å². The Morgan fingerprint density at radius 1 is 1.00 bits per heavy atom. The van der Waals surface area contributed by atoms with E-state index in [2.05, 4.69) is 40.5 Å². The number of hydrogen-bond donors (Lipinski definition) is 1. The van der Waals surface area contributed by atoms with Gasteiger partial charge in [-0.25, -0.2) is 0 Å². The number of ether oxygens (including phenoxy) is 1. The number of halogens is 2. The first kappa shape index (κ1) is 19.1. The van der Waals surface area contributed by atoms with Gasteiger partial charge in [-0.2, -0.15) is 0 Å². The van der Waals surface area contributed by atoms with Crippen molar-refractivity contribution in [3.8, 4) is 5.75 Å². The van der Waals surface area contributed by atoms with E-state index in [0.29, 0.717) is 34.7 Å². The Labute approximate surface area is 171 Å². The smallest absolute Gasteiger partial charge is 0.122 e. The lowest BCUT2D eigenvalue weighted by molar-refractivity contribution is 0.164. The predicted molar refractivity (Wildman–Crippen MR) is 112 cm³/mol. The minimum Gasteiger partial charge on any atom is -0.492 e. The van der Waals surface area contributed by atoms with Crippen LogP contribution in [0.4, 0.5) is 0 Å². The third-order valence-electron chi connectivity index (χ3n) is 5.57. The number of likely N-dealkylation sites (tertiary alicyclic amines) is 1. The van der Waals surface area contributed by atoms with E-state index in [9.17, 15) is 0 Å². The molecule has 0 aromatic heterocycles. The SMILES string of the molecule is Clc1cc(Cl)cc(OCCN2CCC(N[C@@H]3C[C@H]3c3ccccc3)CC2)c1. The molecule has 1 N–H and O–H groups in total. The lowest BCUT2D eigenvalue weighted by atomic mass is 10.0. The van der Waals surface area contributed by atoms with Crippen molar-refractivity contribution in [2.45, 2.75) is 37.3 Å². The van der Waals surface area contributed by atoms with Gasteiger partial charge in [0.2, 0.25) is 0 Å². The van der Waals surface area contributed by atoms with Gasteiger partial charge in [0, 0.05) is 34.6 Å². The molecule has 0 bridgehead atoms. The summed E-state index contributed by atoms with van der Waals surface area (Å²) in [6, 6.07) is 17.5. The molecule has 0 unspecified atom stereocenters. The van der Waals surface area contributed by atoms with Crippen molar-refractivity contribution >= 4 is 23.2 Å². The Hall–Kier alpha value is -1.26. The molecule has 144 valence electrons. The molecule has 5 heteroatoms. The predicted octanol–water partition coefficient (Wildman–Crippen LogP) is 4.98. The van der Waals surface area contributed by atoms with E-state index in [4.69, 9.17) is 27.9 Å². The van der Waals surface area contributed by atoms with Crippen LogP contribution in [0.3, 0.4) is 0 Å². The van der Waals surface area contributed by atoms with Crippen molar-refractivity contribution in [1.29, 1.82) is 0 Å². The molecule has 0 amide bonds. The minimum absolute atomic E-state index is 0.610. The van der Waals surface area contributed by atoms with Crippen LogP contribution in [0.2, 0.25) is 10.0 Å². The number of nitrogens with zero attached hydrogens (tertiary/aromatic N) is 1. The van der Waals surface area contributed by atoms with Crippen LogP contribution in [0.25, 0.3) is 0 Å². The van der Waals surface area contributed by atoms with Crippen LogP contribution < -0.4 is 10.1 Å². The molecular formula is C22H26Cl2N2O. The van der Waals surface area contributed by atoms with Gasteiger partial charge in [0.25, 0.3) is 0 Å². The van der Waals surface area contributed by atoms with E-state index < -0.39 is 0 Å². The second kappa shape index (κ2) is 8.83. The fourth-order valence-electron chi connectivity index (χ4n) is 3.98. The molecule has 1 aliphatic heterocycles. The summed E-state index contributed by atoms with van der Waals surface area (Å²) in [5.41, 5.74) is 1.48. The Morgan fingerprint density at radius 2 is 1.70 bits per heavy atom. The van der Waals surface area contributed by atoms with Crippen molar-refractivity contribution in [3.63, 3.8) is 0 Å². The molecular weight excluding hydrogens is 379 g/mol. The maximum Gasteiger partial charge on any atom is 0.122 e. The molecule has 1 aliphatic carbocycles. The maximum absolute atomic E-state index is 6.01. The molecule has 1 saturated heterocycles. The maximum atomic E-state index is 6.01. The molecule has 2 aromatic carbocycles. The number of nitrogens with one attached hydrogen (secondary N) is 1. The third-order valence-corrected chi connectivity index (χ3v) is 6.00. The molecule has 1 heterocycles. The summed E-state index contributed by atoms with van der Waals surface area (Å²) in [6.07, 6.45) is 3.70. The summed E-state index contributed by atoms with van der Waals surface area (Å²) >= 11 is 12.0. The molecule has 2 atom stereocenters. The summed E-state index contributed by atoms with van der Waals surface area (Å²) in [5, 5.41) is 5.09. The largest absolute Gasteiger partial charge is 0.492 e. The summed E-state index contributed by atoms with van der Waals surface area (Å²) < 4.78 is 5.81. The first-order valence-electron chi connectivity index (χ1n) is 9.79. The monoisotopic (exact) mass is 404 g/mol. The average molecular weight is 405 g/mol. The zero-order valence-corrected chi connectivity index (χ0v) is 16.9. The Morgan fingerprint density at radius 3 is 2.41 bits per heavy atom. The van der Waals surface area contributed by atoms with Gasteiger partial charge in [0.05, 0.1) is 0 Å². The zero-order chi connectivity index (χ0) is 18.6. The van der Waals surface area contributed by atoms with E-state index in [1.807, 2.05) is 12.1 Å². The molecule has 0 radical (unpaired) electrons. The lowest BCUT2D eigenvalue weighted by Gasteiger charge is -2.32. The molecule has 2 aromatic rings. The van der Waals surface area contributed by atoms with E-state index >= 15 is 0 Å². The molecule has 4 rings (SSSR count). The summed E-state index contributed by atoms with van der Waals surface area (Å²) in [6.45, 7) is 3.85. The number of rotatable bonds is 7. The average Bonchev–Trinajstić information content (AvgIpc) is 3.42. The summed E-state index contributed by atoms with van der Waals surface area (Å²) in [4.78, 5) is 2.48. The Kier molecular flexibility index (Phi) is 6.24. The second-order valence-electron chi connectivity index (χ2n) is 7.60. The highest BCUT2D eigenvalue weighted by Crippen LogP contribution is 2.41. The fraction of sp³-hybridized carbons (Fsp3) is 0.455. The van der Waals surface area contributed by atoms with Crippen LogP contribution in [0.1, 0.15) is 30.7 Å². The van der Waals surface area contributed by atoms with Crippen molar-refractivity contribution in [3.05, 3.63) is 64.1 Å². The quantitative estimate of drug-likeness (QED) is 0.703. The first-order valence-corrected chi connectivity index (χ1v) is 10.6. The third kappa shape index (κ3) is 5.39. The van der Waals surface area contributed by atoms with E-state index in [1.165, 1.54) is 24.8 Å². The second-order valence-corrected chi connectivity index (χ2v) is 8.47. The van der Waals surface area contributed by atoms with Gasteiger partial charge in [-0.1, -0.05) is 53.5 Å². The highest BCUT2D eigenvalue weighted by atomic mass is 35.5. The number of piperidine rings is 1. The molecule has 3 nitrogen and oxygen atoms in total. The van der Waals surface area contributed by atoms with Gasteiger partial charge in [-0.15, -0.1) is 0 Å². The molecule has 2 fully saturated rings. The summed E-state index contributed by atoms with van der Waals surface area (Å²) in [7, 11) is 0. The van der Waals surface area contributed by atoms with Crippen molar-refractivity contribution in [2.75, 3.05) is 26.2 Å². The highest BCUT2D eigenvalue weighted by Gasteiger charge is 2.39. The van der Waals surface area contributed by atoms with Crippen molar-refractivity contribution in [1.82, 2.24) is 10.2 Å². The van der Waals surface area contributed by atoms with Gasteiger partial charge in [-0.05, 0) is 56.1 Å². The van der Waals surface area contributed by atoms with Gasteiger partial charge in [0.1, 0.15) is 12.4 Å². The Bertz CT molecular complexity index is 727. The number of benzene rings is 2. The van der Waals surface area contributed by atoms with E-state index in [-0.39, 0.29) is 0 Å². The van der Waals surface area contributed by atoms with Crippen LogP contribution in [0, 0.1) is 0 Å². The fourth-order valence-corrected chi connectivity index (χ4v) is 4.48. The zero-order valence-electron chi connectivity index (χ0n) is 15.4. The summed E-state index contributed by atoms with van der Waals surface area (Å²) in [5.74, 6) is 1.45. The van der Waals surface area contributed by atoms with E-state index in [1.54, 1.807) is 6.07 Å². The van der Waals surface area contributed by atoms with Crippen LogP contribution in [0.15, 0.2) is 48.5 Å². The lowest BCUT2D eigenvalue weighted by Crippen LogP contribution is -2.44. The molecule has 27 heavy (non-hydrogen) atoms. The molecule has 0 spiro atoms. The minimum atomic E-state index is 0.610. The van der Waals surface area contributed by atoms with Crippen molar-refractivity contribution in [2.24, 2.45) is 0 Å². The molecule has 1 saturated carbocycles. The first-order chi connectivity index (χ1) is 13.2. The van der Waals surface area contributed by atoms with Crippen LogP contribution in [0.5, 0.6) is 5.75 Å². The number of hydrogen-bond acceptors (Lipinski definition) is 3.